The molecule has 0 unspecified atom stereocenters. The highest BCUT2D eigenvalue weighted by atomic mass is 16.5. The van der Waals surface area contributed by atoms with Crippen molar-refractivity contribution in [3.8, 4) is 0 Å². The highest BCUT2D eigenvalue weighted by Crippen LogP contribution is 2.83. The minimum Gasteiger partial charge on any atom is -0.392 e. The summed E-state index contributed by atoms with van der Waals surface area (Å²) in [6, 6.07) is 0. The number of hydrogen-bond donors (Lipinski definition) is 2. The summed E-state index contributed by atoms with van der Waals surface area (Å²) in [5.74, 6) is 1.82. The molecule has 0 amide bonds. The number of allylic oxidation sites excluding steroid dienone is 1. The third kappa shape index (κ3) is 2.19. The van der Waals surface area contributed by atoms with Crippen LogP contribution in [0.15, 0.2) is 11.1 Å². The fourth-order valence-corrected chi connectivity index (χ4v) is 11.4. The molecule has 6 aliphatic rings. The lowest BCUT2D eigenvalue weighted by Crippen LogP contribution is -2.86. The first kappa shape index (κ1) is 23.0. The van der Waals surface area contributed by atoms with Gasteiger partial charge in [-0.15, -0.1) is 0 Å². The number of ether oxygens (including phenoxy) is 1. The summed E-state index contributed by atoms with van der Waals surface area (Å²) >= 11 is 0. The molecule has 2 N–H and O–H groups in total. The third-order valence-electron chi connectivity index (χ3n) is 13.9. The predicted octanol–water partition coefficient (Wildman–Crippen LogP) is 6.27. The molecular formula is C30H48O3. The van der Waals surface area contributed by atoms with E-state index in [-0.39, 0.29) is 51.0 Å². The molecule has 4 fully saturated rings. The zero-order valence-electron chi connectivity index (χ0n) is 22.4. The van der Waals surface area contributed by atoms with Crippen LogP contribution in [0.5, 0.6) is 0 Å². The quantitative estimate of drug-likeness (QED) is 0.422. The van der Waals surface area contributed by atoms with Crippen molar-refractivity contribution in [2.75, 3.05) is 0 Å². The van der Waals surface area contributed by atoms with Crippen LogP contribution in [0.25, 0.3) is 0 Å². The second kappa shape index (κ2) is 6.30. The maximum absolute atomic E-state index is 11.8. The van der Waals surface area contributed by atoms with E-state index in [1.165, 1.54) is 24.8 Å². The SMILES string of the molecule is C[C@H]1[C@H](C)CC[C@]2(C)[C@H](O)C[C@]34O[C@@H]5CC6=C(CC[C@@H](O)C6(C)C)[C@](C)(CC[C@@]3(C)[C@H]12)[C@@]54C. The number of aliphatic hydroxyl groups excluding tert-OH is 2. The van der Waals surface area contributed by atoms with Gasteiger partial charge in [0.2, 0.25) is 0 Å². The lowest BCUT2D eigenvalue weighted by atomic mass is 9.28. The van der Waals surface area contributed by atoms with Gasteiger partial charge in [0.05, 0.1) is 23.9 Å². The van der Waals surface area contributed by atoms with Gasteiger partial charge in [-0.25, -0.2) is 0 Å². The lowest BCUT2D eigenvalue weighted by molar-refractivity contribution is -0.446. The average molecular weight is 457 g/mol. The Balaban J connectivity index is 1.52. The van der Waals surface area contributed by atoms with E-state index in [1.54, 1.807) is 5.57 Å². The largest absolute Gasteiger partial charge is 0.392 e. The molecule has 3 nitrogen and oxygen atoms in total. The minimum absolute atomic E-state index is 0.000505. The van der Waals surface area contributed by atoms with Crippen LogP contribution in [0.4, 0.5) is 0 Å². The van der Waals surface area contributed by atoms with Gasteiger partial charge in [-0.2, -0.15) is 0 Å². The van der Waals surface area contributed by atoms with E-state index >= 15 is 0 Å². The van der Waals surface area contributed by atoms with Gasteiger partial charge in [0.1, 0.15) is 0 Å². The Labute approximate surface area is 201 Å². The van der Waals surface area contributed by atoms with E-state index in [0.717, 1.165) is 32.1 Å². The van der Waals surface area contributed by atoms with Crippen molar-refractivity contribution in [3.05, 3.63) is 11.1 Å². The summed E-state index contributed by atoms with van der Waals surface area (Å²) in [6.45, 7) is 19.5. The molecule has 1 heterocycles. The van der Waals surface area contributed by atoms with Gasteiger partial charge in [0, 0.05) is 22.7 Å². The van der Waals surface area contributed by atoms with Crippen LogP contribution < -0.4 is 0 Å². The van der Waals surface area contributed by atoms with Crippen molar-refractivity contribution in [1.29, 1.82) is 0 Å². The van der Waals surface area contributed by atoms with E-state index in [2.05, 4.69) is 55.4 Å². The molecule has 3 heteroatoms. The van der Waals surface area contributed by atoms with E-state index in [1.807, 2.05) is 0 Å². The molecule has 5 aliphatic carbocycles. The second-order valence-electron chi connectivity index (χ2n) is 14.9. The van der Waals surface area contributed by atoms with Crippen molar-refractivity contribution < 1.29 is 14.9 Å². The van der Waals surface area contributed by atoms with Crippen molar-refractivity contribution in [2.45, 2.75) is 131 Å². The fourth-order valence-electron chi connectivity index (χ4n) is 11.4. The number of hydrogen-bond acceptors (Lipinski definition) is 3. The molecule has 0 bridgehead atoms. The van der Waals surface area contributed by atoms with Crippen LogP contribution in [0, 0.1) is 44.8 Å². The summed E-state index contributed by atoms with van der Waals surface area (Å²) in [5.41, 5.74) is 2.97. The average Bonchev–Trinajstić information content (AvgIpc) is 2.74. The van der Waals surface area contributed by atoms with Gasteiger partial charge < -0.3 is 14.9 Å². The maximum Gasteiger partial charge on any atom is 0.0854 e. The zero-order valence-corrected chi connectivity index (χ0v) is 22.4. The predicted molar refractivity (Wildman–Crippen MR) is 132 cm³/mol. The van der Waals surface area contributed by atoms with Crippen molar-refractivity contribution in [3.63, 3.8) is 0 Å². The minimum atomic E-state index is -0.286. The Morgan fingerprint density at radius 1 is 0.848 bits per heavy atom. The summed E-state index contributed by atoms with van der Waals surface area (Å²) in [6.07, 6.45) is 8.13. The molecule has 3 saturated carbocycles. The highest BCUT2D eigenvalue weighted by molar-refractivity contribution is 5.44. The summed E-state index contributed by atoms with van der Waals surface area (Å²) < 4.78 is 7.23. The molecule has 186 valence electrons. The van der Waals surface area contributed by atoms with Gasteiger partial charge in [-0.05, 0) is 73.5 Å². The molecule has 0 aromatic carbocycles. The molecule has 6 rings (SSSR count). The van der Waals surface area contributed by atoms with E-state index in [9.17, 15) is 10.2 Å². The normalized spacial score (nSPS) is 61.3. The van der Waals surface area contributed by atoms with Crippen LogP contribution in [0.2, 0.25) is 0 Å². The molecule has 0 radical (unpaired) electrons. The highest BCUT2D eigenvalue weighted by Gasteiger charge is 2.84. The second-order valence-corrected chi connectivity index (χ2v) is 14.9. The Hall–Kier alpha value is -0.380. The van der Waals surface area contributed by atoms with Crippen LogP contribution in [-0.4, -0.2) is 34.1 Å². The van der Waals surface area contributed by atoms with Crippen molar-refractivity contribution >= 4 is 0 Å². The number of fused-ring (bicyclic) bond motifs is 3. The van der Waals surface area contributed by atoms with Gasteiger partial charge in [0.15, 0.2) is 0 Å². The third-order valence-corrected chi connectivity index (χ3v) is 13.9. The van der Waals surface area contributed by atoms with Gasteiger partial charge in [-0.3, -0.25) is 0 Å². The Morgan fingerprint density at radius 2 is 1.55 bits per heavy atom. The topological polar surface area (TPSA) is 49.7 Å². The van der Waals surface area contributed by atoms with E-state index < -0.39 is 0 Å². The van der Waals surface area contributed by atoms with Crippen molar-refractivity contribution in [2.24, 2.45) is 44.8 Å². The first-order chi connectivity index (χ1) is 15.2. The molecular weight excluding hydrogens is 408 g/mol. The number of rotatable bonds is 0. The van der Waals surface area contributed by atoms with E-state index in [0.29, 0.717) is 17.8 Å². The molecule has 11 atom stereocenters. The first-order valence-corrected chi connectivity index (χ1v) is 14.0. The monoisotopic (exact) mass is 456 g/mol. The fraction of sp³-hybridized carbons (Fsp3) is 0.933. The lowest BCUT2D eigenvalue weighted by Gasteiger charge is -2.84. The van der Waals surface area contributed by atoms with Gasteiger partial charge in [0.25, 0.3) is 0 Å². The van der Waals surface area contributed by atoms with Crippen LogP contribution in [0.3, 0.4) is 0 Å². The summed E-state index contributed by atoms with van der Waals surface area (Å²) in [5, 5.41) is 22.7. The maximum atomic E-state index is 11.8. The standard InChI is InChI=1S/C30H48O3/c1-17-11-12-26(5)22(32)16-30-28(7,24(26)18(17)2)14-13-27(6)19-9-10-21(31)25(3,4)20(19)15-23(33-30)29(27,30)8/h17-18,21-24,31-32H,9-16H2,1-8H3/t17-,18+,21-,22-,23-,24-,26-,27+,28+,29-,30+/m1/s1. The Morgan fingerprint density at radius 3 is 2.24 bits per heavy atom. The Kier molecular flexibility index (Phi) is 4.40. The molecule has 0 aromatic heterocycles. The van der Waals surface area contributed by atoms with Crippen LogP contribution >= 0.6 is 0 Å². The molecule has 1 aliphatic heterocycles. The van der Waals surface area contributed by atoms with Gasteiger partial charge >= 0.3 is 0 Å². The van der Waals surface area contributed by atoms with E-state index in [4.69, 9.17) is 4.74 Å². The van der Waals surface area contributed by atoms with Crippen LogP contribution in [-0.2, 0) is 4.74 Å². The molecule has 1 spiro atoms. The zero-order chi connectivity index (χ0) is 24.0. The summed E-state index contributed by atoms with van der Waals surface area (Å²) in [4.78, 5) is 0. The smallest absolute Gasteiger partial charge is 0.0854 e. The molecule has 33 heavy (non-hydrogen) atoms. The number of aliphatic hydroxyl groups is 2. The molecule has 0 aromatic rings. The Bertz CT molecular complexity index is 922. The molecule has 1 saturated heterocycles. The van der Waals surface area contributed by atoms with Crippen molar-refractivity contribution in [1.82, 2.24) is 0 Å². The van der Waals surface area contributed by atoms with Crippen LogP contribution in [0.1, 0.15) is 107 Å². The van der Waals surface area contributed by atoms with Gasteiger partial charge in [-0.1, -0.05) is 66.5 Å². The summed E-state index contributed by atoms with van der Waals surface area (Å²) in [7, 11) is 0. The first-order valence-electron chi connectivity index (χ1n) is 14.0.